The lowest BCUT2D eigenvalue weighted by Crippen LogP contribution is -2.34. The Morgan fingerprint density at radius 2 is 2.25 bits per heavy atom. The van der Waals surface area contributed by atoms with Gasteiger partial charge in [-0.2, -0.15) is 0 Å². The van der Waals surface area contributed by atoms with E-state index in [2.05, 4.69) is 11.5 Å². The van der Waals surface area contributed by atoms with Gasteiger partial charge in [0.25, 0.3) is 0 Å². The molecule has 1 aliphatic rings. The molecular formula is C12H17N3O. The third kappa shape index (κ3) is 2.33. The van der Waals surface area contributed by atoms with E-state index in [0.717, 1.165) is 18.7 Å². The highest BCUT2D eigenvalue weighted by Crippen LogP contribution is 2.22. The number of hydrazine groups is 1. The summed E-state index contributed by atoms with van der Waals surface area (Å²) in [5, 5.41) is 1.90. The van der Waals surface area contributed by atoms with Crippen LogP contribution in [0.15, 0.2) is 24.3 Å². The van der Waals surface area contributed by atoms with Crippen LogP contribution in [-0.4, -0.2) is 18.5 Å². The Kier molecular flexibility index (Phi) is 3.10. The quantitative estimate of drug-likeness (QED) is 0.791. The Morgan fingerprint density at radius 3 is 2.88 bits per heavy atom. The molecule has 1 aliphatic heterocycles. The van der Waals surface area contributed by atoms with Gasteiger partial charge >= 0.3 is 0 Å². The standard InChI is InChI=1S/C12H17N3O/c1-9(13)8-10-4-2-3-5-11(10)15-7-6-12(16)14-15/h2-5,9H,6-8,13H2,1H3,(H,14,16). The summed E-state index contributed by atoms with van der Waals surface area (Å²) < 4.78 is 0. The van der Waals surface area contributed by atoms with Crippen molar-refractivity contribution in [2.24, 2.45) is 5.73 Å². The van der Waals surface area contributed by atoms with Crippen LogP contribution in [-0.2, 0) is 11.2 Å². The molecule has 86 valence electrons. The molecule has 4 nitrogen and oxygen atoms in total. The summed E-state index contributed by atoms with van der Waals surface area (Å²) in [5.41, 5.74) is 10.9. The zero-order chi connectivity index (χ0) is 11.5. The van der Waals surface area contributed by atoms with E-state index >= 15 is 0 Å². The van der Waals surface area contributed by atoms with Gasteiger partial charge in [0.1, 0.15) is 0 Å². The second-order valence-corrected chi connectivity index (χ2v) is 4.25. The summed E-state index contributed by atoms with van der Waals surface area (Å²) in [6.45, 7) is 2.72. The van der Waals surface area contributed by atoms with Crippen molar-refractivity contribution in [2.75, 3.05) is 11.6 Å². The molecule has 1 aromatic rings. The number of hydrogen-bond donors (Lipinski definition) is 2. The maximum absolute atomic E-state index is 11.2. The van der Waals surface area contributed by atoms with Crippen molar-refractivity contribution in [3.8, 4) is 0 Å². The average molecular weight is 219 g/mol. The number of para-hydroxylation sites is 1. The zero-order valence-electron chi connectivity index (χ0n) is 9.44. The fraction of sp³-hybridized carbons (Fsp3) is 0.417. The molecule has 3 N–H and O–H groups in total. The highest BCUT2D eigenvalue weighted by atomic mass is 16.2. The number of nitrogens with zero attached hydrogens (tertiary/aromatic N) is 1. The van der Waals surface area contributed by atoms with E-state index in [0.29, 0.717) is 6.42 Å². The van der Waals surface area contributed by atoms with E-state index in [-0.39, 0.29) is 11.9 Å². The number of benzene rings is 1. The van der Waals surface area contributed by atoms with E-state index in [4.69, 9.17) is 5.73 Å². The number of carbonyl (C=O) groups excluding carboxylic acids is 1. The number of carbonyl (C=O) groups is 1. The first-order chi connectivity index (χ1) is 7.66. The second kappa shape index (κ2) is 4.53. The fourth-order valence-corrected chi connectivity index (χ4v) is 1.95. The summed E-state index contributed by atoms with van der Waals surface area (Å²) >= 11 is 0. The van der Waals surface area contributed by atoms with Crippen LogP contribution in [0.25, 0.3) is 0 Å². The maximum atomic E-state index is 11.2. The molecule has 4 heteroatoms. The Morgan fingerprint density at radius 1 is 1.50 bits per heavy atom. The first-order valence-electron chi connectivity index (χ1n) is 5.57. The predicted octanol–water partition coefficient (Wildman–Crippen LogP) is 0.818. The normalized spacial score (nSPS) is 17.4. The molecule has 0 spiro atoms. The Balaban J connectivity index is 2.22. The summed E-state index contributed by atoms with van der Waals surface area (Å²) in [7, 11) is 0. The van der Waals surface area contributed by atoms with Crippen molar-refractivity contribution >= 4 is 11.6 Å². The first kappa shape index (κ1) is 11.0. The fourth-order valence-electron chi connectivity index (χ4n) is 1.95. The monoisotopic (exact) mass is 219 g/mol. The molecular weight excluding hydrogens is 202 g/mol. The predicted molar refractivity (Wildman–Crippen MR) is 63.9 cm³/mol. The van der Waals surface area contributed by atoms with Crippen LogP contribution in [0.1, 0.15) is 18.9 Å². The van der Waals surface area contributed by atoms with Crippen LogP contribution in [0.4, 0.5) is 5.69 Å². The van der Waals surface area contributed by atoms with Crippen molar-refractivity contribution < 1.29 is 4.79 Å². The molecule has 1 atom stereocenters. The summed E-state index contributed by atoms with van der Waals surface area (Å²) in [6.07, 6.45) is 1.38. The SMILES string of the molecule is CC(N)Cc1ccccc1N1CCC(=O)N1. The molecule has 1 unspecified atom stereocenters. The number of rotatable bonds is 3. The highest BCUT2D eigenvalue weighted by Gasteiger charge is 2.20. The lowest BCUT2D eigenvalue weighted by Gasteiger charge is -2.21. The smallest absolute Gasteiger partial charge is 0.240 e. The van der Waals surface area contributed by atoms with E-state index in [1.165, 1.54) is 5.56 Å². The molecule has 1 aromatic carbocycles. The number of hydrogen-bond acceptors (Lipinski definition) is 3. The van der Waals surface area contributed by atoms with Crippen LogP contribution >= 0.6 is 0 Å². The van der Waals surface area contributed by atoms with Gasteiger partial charge in [0, 0.05) is 19.0 Å². The van der Waals surface area contributed by atoms with Gasteiger partial charge in [0.05, 0.1) is 5.69 Å². The topological polar surface area (TPSA) is 58.4 Å². The minimum absolute atomic E-state index is 0.0793. The van der Waals surface area contributed by atoms with Gasteiger partial charge in [0.2, 0.25) is 5.91 Å². The molecule has 1 fully saturated rings. The van der Waals surface area contributed by atoms with Crippen LogP contribution in [0, 0.1) is 0 Å². The Hall–Kier alpha value is -1.55. The molecule has 1 heterocycles. The molecule has 0 saturated carbocycles. The Labute approximate surface area is 95.4 Å². The summed E-state index contributed by atoms with van der Waals surface area (Å²) in [5.74, 6) is 0.0793. The van der Waals surface area contributed by atoms with E-state index in [1.54, 1.807) is 0 Å². The van der Waals surface area contributed by atoms with Crippen LogP contribution in [0.5, 0.6) is 0 Å². The van der Waals surface area contributed by atoms with Crippen molar-refractivity contribution in [3.05, 3.63) is 29.8 Å². The van der Waals surface area contributed by atoms with Gasteiger partial charge in [-0.15, -0.1) is 0 Å². The van der Waals surface area contributed by atoms with Crippen LogP contribution < -0.4 is 16.2 Å². The van der Waals surface area contributed by atoms with Crippen molar-refractivity contribution in [2.45, 2.75) is 25.8 Å². The van der Waals surface area contributed by atoms with Gasteiger partial charge < -0.3 is 5.73 Å². The van der Waals surface area contributed by atoms with Gasteiger partial charge in [-0.1, -0.05) is 18.2 Å². The second-order valence-electron chi connectivity index (χ2n) is 4.25. The molecule has 1 saturated heterocycles. The lowest BCUT2D eigenvalue weighted by molar-refractivity contribution is -0.119. The summed E-state index contributed by atoms with van der Waals surface area (Å²) in [6, 6.07) is 8.18. The molecule has 0 radical (unpaired) electrons. The van der Waals surface area contributed by atoms with Gasteiger partial charge in [-0.3, -0.25) is 15.2 Å². The third-order valence-electron chi connectivity index (χ3n) is 2.65. The average Bonchev–Trinajstić information content (AvgIpc) is 2.65. The van der Waals surface area contributed by atoms with Crippen molar-refractivity contribution in [1.29, 1.82) is 0 Å². The van der Waals surface area contributed by atoms with Crippen LogP contribution in [0.3, 0.4) is 0 Å². The summed E-state index contributed by atoms with van der Waals surface area (Å²) in [4.78, 5) is 11.2. The maximum Gasteiger partial charge on any atom is 0.240 e. The van der Waals surface area contributed by atoms with Crippen molar-refractivity contribution in [1.82, 2.24) is 5.43 Å². The zero-order valence-corrected chi connectivity index (χ0v) is 9.44. The van der Waals surface area contributed by atoms with Gasteiger partial charge in [-0.25, -0.2) is 0 Å². The highest BCUT2D eigenvalue weighted by molar-refractivity contribution is 5.81. The van der Waals surface area contributed by atoms with Gasteiger partial charge in [0.15, 0.2) is 0 Å². The Bertz CT molecular complexity index is 390. The van der Waals surface area contributed by atoms with Crippen molar-refractivity contribution in [3.63, 3.8) is 0 Å². The first-order valence-corrected chi connectivity index (χ1v) is 5.57. The number of nitrogens with one attached hydrogen (secondary N) is 1. The number of nitrogens with two attached hydrogens (primary N) is 1. The molecule has 16 heavy (non-hydrogen) atoms. The van der Waals surface area contributed by atoms with Crippen LogP contribution in [0.2, 0.25) is 0 Å². The molecule has 1 amide bonds. The number of amides is 1. The minimum Gasteiger partial charge on any atom is -0.328 e. The molecule has 0 aromatic heterocycles. The van der Waals surface area contributed by atoms with Gasteiger partial charge in [-0.05, 0) is 25.0 Å². The van der Waals surface area contributed by atoms with E-state index in [1.807, 2.05) is 30.1 Å². The molecule has 0 aliphatic carbocycles. The van der Waals surface area contributed by atoms with E-state index in [9.17, 15) is 4.79 Å². The van der Waals surface area contributed by atoms with E-state index < -0.39 is 0 Å². The number of anilines is 1. The largest absolute Gasteiger partial charge is 0.328 e. The third-order valence-corrected chi connectivity index (χ3v) is 2.65. The lowest BCUT2D eigenvalue weighted by atomic mass is 10.1. The molecule has 2 rings (SSSR count). The minimum atomic E-state index is 0.0793. The molecule has 0 bridgehead atoms.